The van der Waals surface area contributed by atoms with E-state index in [-0.39, 0.29) is 30.1 Å². The number of allylic oxidation sites excluding steroid dienone is 1. The van der Waals surface area contributed by atoms with Crippen molar-refractivity contribution in [1.82, 2.24) is 10.2 Å². The van der Waals surface area contributed by atoms with Gasteiger partial charge in [0.2, 0.25) is 5.91 Å². The maximum Gasteiger partial charge on any atom is 0.410 e. The van der Waals surface area contributed by atoms with Gasteiger partial charge in [0.1, 0.15) is 5.60 Å². The van der Waals surface area contributed by atoms with Crippen molar-refractivity contribution in [2.75, 3.05) is 0 Å². The zero-order valence-electron chi connectivity index (χ0n) is 13.9. The second-order valence-electron chi connectivity index (χ2n) is 7.34. The van der Waals surface area contributed by atoms with Crippen molar-refractivity contribution >= 4 is 12.0 Å². The number of amides is 2. The summed E-state index contributed by atoms with van der Waals surface area (Å²) in [5.41, 5.74) is -0.466. The fourth-order valence-corrected chi connectivity index (χ4v) is 3.44. The van der Waals surface area contributed by atoms with E-state index in [9.17, 15) is 9.59 Å². The second-order valence-corrected chi connectivity index (χ2v) is 7.34. The van der Waals surface area contributed by atoms with E-state index < -0.39 is 5.60 Å². The molecule has 0 aromatic heterocycles. The van der Waals surface area contributed by atoms with Crippen LogP contribution in [0.5, 0.6) is 0 Å². The van der Waals surface area contributed by atoms with Gasteiger partial charge in [0.05, 0.1) is 0 Å². The van der Waals surface area contributed by atoms with Crippen molar-refractivity contribution in [2.24, 2.45) is 0 Å². The van der Waals surface area contributed by atoms with Crippen LogP contribution in [0.25, 0.3) is 0 Å². The summed E-state index contributed by atoms with van der Waals surface area (Å²) in [7, 11) is 0. The highest BCUT2D eigenvalue weighted by Crippen LogP contribution is 2.36. The molecule has 0 spiro atoms. The molecule has 1 unspecified atom stereocenters. The predicted molar refractivity (Wildman–Crippen MR) is 85.5 cm³/mol. The molecular formula is C17H28N2O3. The summed E-state index contributed by atoms with van der Waals surface area (Å²) in [5, 5.41) is 3.10. The van der Waals surface area contributed by atoms with Gasteiger partial charge in [-0.25, -0.2) is 4.79 Å². The Kier molecular flexibility index (Phi) is 5.14. The van der Waals surface area contributed by atoms with Crippen LogP contribution in [-0.2, 0) is 9.53 Å². The van der Waals surface area contributed by atoms with E-state index in [1.165, 1.54) is 0 Å². The molecule has 2 bridgehead atoms. The molecule has 2 aliphatic rings. The molecule has 2 amide bonds. The van der Waals surface area contributed by atoms with Crippen LogP contribution in [0.4, 0.5) is 4.79 Å². The molecule has 2 fully saturated rings. The fourth-order valence-electron chi connectivity index (χ4n) is 3.44. The summed E-state index contributed by atoms with van der Waals surface area (Å²) in [6.45, 7) is 9.30. The molecule has 0 saturated carbocycles. The minimum absolute atomic E-state index is 0.0787. The molecule has 2 saturated heterocycles. The van der Waals surface area contributed by atoms with Gasteiger partial charge in [-0.3, -0.25) is 4.79 Å². The van der Waals surface area contributed by atoms with Gasteiger partial charge in [0.15, 0.2) is 0 Å². The smallest absolute Gasteiger partial charge is 0.410 e. The molecule has 0 radical (unpaired) electrons. The molecule has 5 heteroatoms. The van der Waals surface area contributed by atoms with E-state index in [0.29, 0.717) is 12.8 Å². The van der Waals surface area contributed by atoms with E-state index in [2.05, 4.69) is 11.9 Å². The van der Waals surface area contributed by atoms with Gasteiger partial charge >= 0.3 is 6.09 Å². The molecular weight excluding hydrogens is 280 g/mol. The Labute approximate surface area is 133 Å². The minimum Gasteiger partial charge on any atom is -0.444 e. The van der Waals surface area contributed by atoms with Gasteiger partial charge in [-0.15, -0.1) is 6.58 Å². The van der Waals surface area contributed by atoms with Crippen molar-refractivity contribution in [3.8, 4) is 0 Å². The van der Waals surface area contributed by atoms with E-state index >= 15 is 0 Å². The monoisotopic (exact) mass is 308 g/mol. The Morgan fingerprint density at radius 1 is 1.27 bits per heavy atom. The lowest BCUT2D eigenvalue weighted by molar-refractivity contribution is -0.122. The molecule has 2 rings (SSSR count). The Morgan fingerprint density at radius 3 is 2.36 bits per heavy atom. The Hall–Kier alpha value is -1.52. The first-order chi connectivity index (χ1) is 10.3. The van der Waals surface area contributed by atoms with Gasteiger partial charge in [-0.1, -0.05) is 6.08 Å². The van der Waals surface area contributed by atoms with Crippen molar-refractivity contribution in [3.63, 3.8) is 0 Å². The molecule has 124 valence electrons. The Balaban J connectivity index is 1.90. The summed E-state index contributed by atoms with van der Waals surface area (Å²) in [6, 6.07) is 0.560. The normalized spacial score (nSPS) is 27.4. The van der Waals surface area contributed by atoms with Crippen LogP contribution in [0.3, 0.4) is 0 Å². The molecule has 0 aromatic rings. The van der Waals surface area contributed by atoms with Crippen LogP contribution in [0.2, 0.25) is 0 Å². The summed E-state index contributed by atoms with van der Waals surface area (Å²) < 4.78 is 5.52. The SMILES string of the molecule is C=CCCC(=O)NC1C[C@H]2CC[C@@H](C1)N2C(=O)OC(C)(C)C. The molecule has 1 N–H and O–H groups in total. The Morgan fingerprint density at radius 2 is 1.86 bits per heavy atom. The minimum atomic E-state index is -0.466. The highest BCUT2D eigenvalue weighted by molar-refractivity contribution is 5.76. The first-order valence-electron chi connectivity index (χ1n) is 8.21. The lowest BCUT2D eigenvalue weighted by Gasteiger charge is -2.39. The number of carbonyl (C=O) groups is 2. The molecule has 2 heterocycles. The van der Waals surface area contributed by atoms with Crippen LogP contribution in [-0.4, -0.2) is 40.6 Å². The van der Waals surface area contributed by atoms with Crippen molar-refractivity contribution < 1.29 is 14.3 Å². The zero-order valence-corrected chi connectivity index (χ0v) is 13.9. The molecule has 22 heavy (non-hydrogen) atoms. The summed E-state index contributed by atoms with van der Waals surface area (Å²) in [6.07, 6.45) is 6.41. The maximum atomic E-state index is 12.4. The summed E-state index contributed by atoms with van der Waals surface area (Å²) in [5.74, 6) is 0.0787. The van der Waals surface area contributed by atoms with E-state index in [1.54, 1.807) is 6.08 Å². The van der Waals surface area contributed by atoms with Crippen LogP contribution in [0, 0.1) is 0 Å². The first kappa shape index (κ1) is 16.8. The number of hydrogen-bond donors (Lipinski definition) is 1. The van der Waals surface area contributed by atoms with Crippen molar-refractivity contribution in [1.29, 1.82) is 0 Å². The third-order valence-corrected chi connectivity index (χ3v) is 4.28. The van der Waals surface area contributed by atoms with Crippen molar-refractivity contribution in [2.45, 2.75) is 83.0 Å². The predicted octanol–water partition coefficient (Wildman–Crippen LogP) is 3.00. The summed E-state index contributed by atoms with van der Waals surface area (Å²) in [4.78, 5) is 26.1. The maximum absolute atomic E-state index is 12.4. The third kappa shape index (κ3) is 4.24. The van der Waals surface area contributed by atoms with Gasteiger partial charge in [0, 0.05) is 24.5 Å². The lowest BCUT2D eigenvalue weighted by Crippen LogP contribution is -2.53. The van der Waals surface area contributed by atoms with Crippen LogP contribution < -0.4 is 5.32 Å². The standard InChI is InChI=1S/C17H28N2O3/c1-5-6-7-15(20)18-12-10-13-8-9-14(11-12)19(13)16(21)22-17(2,3)4/h5,12-14H,1,6-11H2,2-4H3,(H,18,20)/t12?,13-,14+. The number of rotatable bonds is 4. The zero-order chi connectivity index (χ0) is 16.3. The average molecular weight is 308 g/mol. The van der Waals surface area contributed by atoms with Crippen LogP contribution in [0.15, 0.2) is 12.7 Å². The first-order valence-corrected chi connectivity index (χ1v) is 8.21. The number of carbonyl (C=O) groups excluding carboxylic acids is 2. The summed E-state index contributed by atoms with van der Waals surface area (Å²) >= 11 is 0. The van der Waals surface area contributed by atoms with Crippen LogP contribution >= 0.6 is 0 Å². The van der Waals surface area contributed by atoms with Gasteiger partial charge in [-0.05, 0) is 52.9 Å². The van der Waals surface area contributed by atoms with Crippen LogP contribution in [0.1, 0.15) is 59.3 Å². The van der Waals surface area contributed by atoms with Crippen molar-refractivity contribution in [3.05, 3.63) is 12.7 Å². The Bertz CT molecular complexity index is 428. The average Bonchev–Trinajstić information content (AvgIpc) is 2.66. The number of hydrogen-bond acceptors (Lipinski definition) is 3. The van der Waals surface area contributed by atoms with E-state index in [1.807, 2.05) is 25.7 Å². The van der Waals surface area contributed by atoms with Gasteiger partial charge in [-0.2, -0.15) is 0 Å². The van der Waals surface area contributed by atoms with Gasteiger partial charge in [0.25, 0.3) is 0 Å². The number of nitrogens with zero attached hydrogens (tertiary/aromatic N) is 1. The highest BCUT2D eigenvalue weighted by atomic mass is 16.6. The number of nitrogens with one attached hydrogen (secondary N) is 1. The number of piperidine rings is 1. The second kappa shape index (κ2) is 6.71. The molecule has 2 aliphatic heterocycles. The lowest BCUT2D eigenvalue weighted by atomic mass is 9.97. The largest absolute Gasteiger partial charge is 0.444 e. The molecule has 3 atom stereocenters. The molecule has 0 aliphatic carbocycles. The highest BCUT2D eigenvalue weighted by Gasteiger charge is 2.45. The number of fused-ring (bicyclic) bond motifs is 2. The quantitative estimate of drug-likeness (QED) is 0.812. The van der Waals surface area contributed by atoms with E-state index in [4.69, 9.17) is 4.74 Å². The topological polar surface area (TPSA) is 58.6 Å². The molecule has 0 aromatic carbocycles. The fraction of sp³-hybridized carbons (Fsp3) is 0.765. The van der Waals surface area contributed by atoms with Gasteiger partial charge < -0.3 is 15.0 Å². The third-order valence-electron chi connectivity index (χ3n) is 4.28. The molecule has 5 nitrogen and oxygen atoms in total. The number of ether oxygens (including phenoxy) is 1. The van der Waals surface area contributed by atoms with E-state index in [0.717, 1.165) is 25.7 Å².